The largest absolute Gasteiger partial charge is 0.506 e. The van der Waals surface area contributed by atoms with Crippen LogP contribution in [0.4, 0.5) is 11.4 Å². The number of rotatable bonds is 1. The molecule has 6 N–H and O–H groups in total. The van der Waals surface area contributed by atoms with Crippen molar-refractivity contribution in [1.82, 2.24) is 0 Å². The topological polar surface area (TPSA) is 92.5 Å². The Hall–Kier alpha value is -2.36. The Morgan fingerprint density at radius 1 is 1.00 bits per heavy atom. The van der Waals surface area contributed by atoms with Crippen LogP contribution in [0, 0.1) is 6.07 Å². The molecule has 0 aliphatic heterocycles. The number of nitrogens with two attached hydrogens (primary N) is 2. The summed E-state index contributed by atoms with van der Waals surface area (Å²) >= 11 is 0. The Labute approximate surface area is 92.8 Å². The normalized spacial score (nSPS) is 10.2. The van der Waals surface area contributed by atoms with Gasteiger partial charge < -0.3 is 21.7 Å². The summed E-state index contributed by atoms with van der Waals surface area (Å²) in [6.45, 7) is 0. The molecule has 0 saturated heterocycles. The van der Waals surface area contributed by atoms with Crippen LogP contribution in [0.15, 0.2) is 30.3 Å². The van der Waals surface area contributed by atoms with Crippen LogP contribution in [-0.4, -0.2) is 10.2 Å². The van der Waals surface area contributed by atoms with Crippen molar-refractivity contribution in [1.29, 1.82) is 0 Å². The lowest BCUT2D eigenvalue weighted by Gasteiger charge is -2.07. The predicted molar refractivity (Wildman–Crippen MR) is 62.9 cm³/mol. The summed E-state index contributed by atoms with van der Waals surface area (Å²) in [6.07, 6.45) is 0. The molecule has 16 heavy (non-hydrogen) atoms. The van der Waals surface area contributed by atoms with E-state index in [4.69, 9.17) is 11.5 Å². The van der Waals surface area contributed by atoms with Gasteiger partial charge in [0.25, 0.3) is 0 Å². The van der Waals surface area contributed by atoms with E-state index in [9.17, 15) is 10.2 Å². The number of hydrogen-bond acceptors (Lipinski definition) is 4. The van der Waals surface area contributed by atoms with Gasteiger partial charge >= 0.3 is 0 Å². The van der Waals surface area contributed by atoms with Crippen LogP contribution in [0.25, 0.3) is 11.1 Å². The van der Waals surface area contributed by atoms with Gasteiger partial charge in [-0.2, -0.15) is 0 Å². The van der Waals surface area contributed by atoms with Gasteiger partial charge in [-0.1, -0.05) is 12.1 Å². The standard InChI is InChI=1S/C12H11N2O2/c13-9-5-4-7(6-11(9)15)8-2-1-3-10(14)12(8)16/h1,3-6,15-16H,13-14H2. The van der Waals surface area contributed by atoms with Crippen molar-refractivity contribution in [3.8, 4) is 22.6 Å². The number of anilines is 2. The van der Waals surface area contributed by atoms with Crippen LogP contribution in [0.3, 0.4) is 0 Å². The fourth-order valence-corrected chi connectivity index (χ4v) is 1.43. The van der Waals surface area contributed by atoms with Crippen LogP contribution >= 0.6 is 0 Å². The summed E-state index contributed by atoms with van der Waals surface area (Å²) in [7, 11) is 0. The molecule has 0 heterocycles. The van der Waals surface area contributed by atoms with Crippen molar-refractivity contribution < 1.29 is 10.2 Å². The van der Waals surface area contributed by atoms with E-state index in [1.807, 2.05) is 0 Å². The highest BCUT2D eigenvalue weighted by Gasteiger charge is 2.08. The first-order valence-corrected chi connectivity index (χ1v) is 4.67. The first-order valence-electron chi connectivity index (χ1n) is 4.67. The zero-order valence-corrected chi connectivity index (χ0v) is 8.44. The molecule has 0 unspecified atom stereocenters. The molecule has 2 rings (SSSR count). The minimum atomic E-state index is -0.0494. The lowest BCUT2D eigenvalue weighted by molar-refractivity contribution is 0.477. The highest BCUT2D eigenvalue weighted by Crippen LogP contribution is 2.35. The average molecular weight is 215 g/mol. The molecule has 4 heteroatoms. The molecule has 0 saturated carbocycles. The predicted octanol–water partition coefficient (Wildman–Crippen LogP) is 1.73. The third-order valence-electron chi connectivity index (χ3n) is 2.32. The first kappa shape index (κ1) is 10.2. The summed E-state index contributed by atoms with van der Waals surface area (Å²) in [5.41, 5.74) is 12.7. The maximum Gasteiger partial charge on any atom is 0.146 e. The Bertz CT molecular complexity index is 539. The van der Waals surface area contributed by atoms with E-state index in [-0.39, 0.29) is 22.9 Å². The van der Waals surface area contributed by atoms with Crippen molar-refractivity contribution in [3.63, 3.8) is 0 Å². The Balaban J connectivity index is 2.59. The fraction of sp³-hybridized carbons (Fsp3) is 0. The van der Waals surface area contributed by atoms with Crippen molar-refractivity contribution in [3.05, 3.63) is 36.4 Å². The van der Waals surface area contributed by atoms with E-state index in [1.165, 1.54) is 6.07 Å². The second-order valence-electron chi connectivity index (χ2n) is 3.43. The molecule has 0 atom stereocenters. The van der Waals surface area contributed by atoms with Crippen LogP contribution < -0.4 is 11.5 Å². The lowest BCUT2D eigenvalue weighted by Crippen LogP contribution is -1.89. The van der Waals surface area contributed by atoms with Crippen molar-refractivity contribution in [2.24, 2.45) is 0 Å². The van der Waals surface area contributed by atoms with Gasteiger partial charge in [-0.25, -0.2) is 0 Å². The van der Waals surface area contributed by atoms with Crippen LogP contribution in [0.5, 0.6) is 11.5 Å². The highest BCUT2D eigenvalue weighted by molar-refractivity contribution is 5.78. The second-order valence-corrected chi connectivity index (χ2v) is 3.43. The Kier molecular flexibility index (Phi) is 2.32. The van der Waals surface area contributed by atoms with E-state index in [1.54, 1.807) is 24.3 Å². The van der Waals surface area contributed by atoms with Gasteiger partial charge in [0.05, 0.1) is 11.4 Å². The molecule has 2 aromatic rings. The van der Waals surface area contributed by atoms with Gasteiger partial charge in [-0.15, -0.1) is 0 Å². The number of benzene rings is 2. The van der Waals surface area contributed by atoms with E-state index >= 15 is 0 Å². The van der Waals surface area contributed by atoms with Crippen LogP contribution in [0.2, 0.25) is 0 Å². The number of phenolic OH excluding ortho intramolecular Hbond substituents is 2. The summed E-state index contributed by atoms with van der Waals surface area (Å²) in [4.78, 5) is 0. The average Bonchev–Trinajstić information content (AvgIpc) is 2.26. The van der Waals surface area contributed by atoms with Gasteiger partial charge in [0, 0.05) is 5.56 Å². The first-order chi connectivity index (χ1) is 7.59. The Morgan fingerprint density at radius 2 is 1.75 bits per heavy atom. The van der Waals surface area contributed by atoms with Gasteiger partial charge in [-0.05, 0) is 29.8 Å². The molecule has 0 aliphatic carbocycles. The molecular formula is C12H11N2O2. The number of aromatic hydroxyl groups is 2. The quantitative estimate of drug-likeness (QED) is 0.430. The molecule has 0 spiro atoms. The maximum absolute atomic E-state index is 9.74. The molecule has 0 bridgehead atoms. The molecule has 0 aromatic heterocycles. The second kappa shape index (κ2) is 3.66. The molecule has 2 aromatic carbocycles. The van der Waals surface area contributed by atoms with Gasteiger partial charge in [-0.3, -0.25) is 0 Å². The van der Waals surface area contributed by atoms with Crippen molar-refractivity contribution >= 4 is 11.4 Å². The van der Waals surface area contributed by atoms with Gasteiger partial charge in [0.1, 0.15) is 11.5 Å². The van der Waals surface area contributed by atoms with Gasteiger partial charge in [0.15, 0.2) is 0 Å². The molecule has 0 aliphatic rings. The highest BCUT2D eigenvalue weighted by atomic mass is 16.3. The third-order valence-corrected chi connectivity index (χ3v) is 2.32. The molecule has 0 amide bonds. The maximum atomic E-state index is 9.74. The minimum Gasteiger partial charge on any atom is -0.506 e. The molecule has 4 nitrogen and oxygen atoms in total. The zero-order valence-electron chi connectivity index (χ0n) is 8.44. The monoisotopic (exact) mass is 215 g/mol. The third kappa shape index (κ3) is 1.61. The number of phenols is 2. The van der Waals surface area contributed by atoms with E-state index in [0.717, 1.165) is 0 Å². The van der Waals surface area contributed by atoms with Crippen LogP contribution in [0.1, 0.15) is 0 Å². The number of nitrogen functional groups attached to an aromatic ring is 2. The lowest BCUT2D eigenvalue weighted by atomic mass is 10.0. The summed E-state index contributed by atoms with van der Waals surface area (Å²) in [6, 6.07) is 10.7. The summed E-state index contributed by atoms with van der Waals surface area (Å²) in [5.74, 6) is -0.0839. The van der Waals surface area contributed by atoms with Gasteiger partial charge in [0.2, 0.25) is 0 Å². The Morgan fingerprint density at radius 3 is 2.44 bits per heavy atom. The van der Waals surface area contributed by atoms with Crippen molar-refractivity contribution in [2.45, 2.75) is 0 Å². The summed E-state index contributed by atoms with van der Waals surface area (Å²) in [5, 5.41) is 19.2. The summed E-state index contributed by atoms with van der Waals surface area (Å²) < 4.78 is 0. The smallest absolute Gasteiger partial charge is 0.146 e. The number of hydrogen-bond donors (Lipinski definition) is 4. The molecule has 0 fully saturated rings. The SMILES string of the molecule is Nc1ccc(-c2[c]ccc(N)c2O)cc1O. The molecular weight excluding hydrogens is 204 g/mol. The fourth-order valence-electron chi connectivity index (χ4n) is 1.43. The zero-order chi connectivity index (χ0) is 11.7. The van der Waals surface area contributed by atoms with E-state index < -0.39 is 0 Å². The van der Waals surface area contributed by atoms with Crippen molar-refractivity contribution in [2.75, 3.05) is 11.5 Å². The van der Waals surface area contributed by atoms with E-state index in [0.29, 0.717) is 11.1 Å². The van der Waals surface area contributed by atoms with Crippen LogP contribution in [-0.2, 0) is 0 Å². The minimum absolute atomic E-state index is 0.0345. The van der Waals surface area contributed by atoms with E-state index in [2.05, 4.69) is 6.07 Å². The molecule has 81 valence electrons. The molecule has 1 radical (unpaired) electrons.